The summed E-state index contributed by atoms with van der Waals surface area (Å²) < 4.78 is 5.48. The summed E-state index contributed by atoms with van der Waals surface area (Å²) in [6.45, 7) is 4.52. The lowest BCUT2D eigenvalue weighted by Crippen LogP contribution is -2.40. The minimum absolute atomic E-state index is 0.0148. The lowest BCUT2D eigenvalue weighted by atomic mass is 10.1. The van der Waals surface area contributed by atoms with Crippen LogP contribution in [0, 0.1) is 6.92 Å². The molecule has 1 saturated heterocycles. The Hall–Kier alpha value is -1.14. The molecule has 1 aromatic heterocycles. The van der Waals surface area contributed by atoms with Crippen molar-refractivity contribution < 1.29 is 9.53 Å². The van der Waals surface area contributed by atoms with Gasteiger partial charge in [-0.25, -0.2) is 4.98 Å². The molecule has 17 heavy (non-hydrogen) atoms. The van der Waals surface area contributed by atoms with Crippen LogP contribution < -0.4 is 5.73 Å². The first-order chi connectivity index (χ1) is 8.00. The highest BCUT2D eigenvalue weighted by atomic mass is 32.1. The number of likely N-dealkylation sites (N-methyl/N-ethyl adjacent to an activating group) is 1. The Morgan fingerprint density at radius 2 is 2.35 bits per heavy atom. The van der Waals surface area contributed by atoms with Gasteiger partial charge in [-0.15, -0.1) is 0 Å². The molecule has 2 N–H and O–H groups in total. The Bertz CT molecular complexity index is 432. The second kappa shape index (κ2) is 4.62. The summed E-state index contributed by atoms with van der Waals surface area (Å²) in [5, 5.41) is 0.440. The average molecular weight is 255 g/mol. The Balaban J connectivity index is 2.17. The fourth-order valence-electron chi connectivity index (χ4n) is 2.16. The number of amides is 1. The van der Waals surface area contributed by atoms with E-state index in [1.165, 1.54) is 11.3 Å². The Morgan fingerprint density at radius 1 is 1.65 bits per heavy atom. The molecule has 2 unspecified atom stereocenters. The number of anilines is 1. The number of thiazole rings is 1. The van der Waals surface area contributed by atoms with Gasteiger partial charge in [0.25, 0.3) is 5.91 Å². The highest BCUT2D eigenvalue weighted by molar-refractivity contribution is 7.17. The van der Waals surface area contributed by atoms with Crippen molar-refractivity contribution in [1.29, 1.82) is 0 Å². The number of hydrogen-bond acceptors (Lipinski definition) is 5. The predicted octanol–water partition coefficient (Wildman–Crippen LogP) is 1.28. The first-order valence-electron chi connectivity index (χ1n) is 5.62. The van der Waals surface area contributed by atoms with Gasteiger partial charge in [0.2, 0.25) is 0 Å². The average Bonchev–Trinajstić information content (AvgIpc) is 2.82. The third kappa shape index (κ3) is 2.28. The van der Waals surface area contributed by atoms with E-state index in [1.807, 2.05) is 20.9 Å². The number of rotatable bonds is 2. The van der Waals surface area contributed by atoms with Crippen LogP contribution in [0.3, 0.4) is 0 Å². The molecule has 1 aliphatic rings. The van der Waals surface area contributed by atoms with Crippen LogP contribution in [-0.2, 0) is 4.74 Å². The van der Waals surface area contributed by atoms with Crippen LogP contribution in [0.25, 0.3) is 0 Å². The summed E-state index contributed by atoms with van der Waals surface area (Å²) in [6, 6.07) is 0.144. The minimum atomic E-state index is -0.0148. The molecule has 6 heteroatoms. The van der Waals surface area contributed by atoms with Crippen LogP contribution in [0.15, 0.2) is 0 Å². The maximum absolute atomic E-state index is 12.3. The van der Waals surface area contributed by atoms with Crippen LogP contribution in [0.5, 0.6) is 0 Å². The highest BCUT2D eigenvalue weighted by Crippen LogP contribution is 2.25. The minimum Gasteiger partial charge on any atom is -0.376 e. The van der Waals surface area contributed by atoms with Gasteiger partial charge >= 0.3 is 0 Å². The number of aromatic nitrogens is 1. The van der Waals surface area contributed by atoms with Crippen LogP contribution in [0.2, 0.25) is 0 Å². The number of ether oxygens (including phenoxy) is 1. The van der Waals surface area contributed by atoms with E-state index >= 15 is 0 Å². The molecule has 94 valence electrons. The quantitative estimate of drug-likeness (QED) is 0.864. The third-order valence-electron chi connectivity index (χ3n) is 3.16. The number of hydrogen-bond donors (Lipinski definition) is 1. The molecule has 5 nitrogen and oxygen atoms in total. The number of aryl methyl sites for hydroxylation is 1. The summed E-state index contributed by atoms with van der Waals surface area (Å²) >= 11 is 1.25. The first-order valence-corrected chi connectivity index (χ1v) is 6.44. The number of nitrogens with zero attached hydrogens (tertiary/aromatic N) is 2. The second-order valence-electron chi connectivity index (χ2n) is 4.31. The number of carbonyl (C=O) groups is 1. The van der Waals surface area contributed by atoms with E-state index in [-0.39, 0.29) is 18.1 Å². The topological polar surface area (TPSA) is 68.5 Å². The van der Waals surface area contributed by atoms with E-state index < -0.39 is 0 Å². The van der Waals surface area contributed by atoms with Gasteiger partial charge in [-0.05, 0) is 20.3 Å². The van der Waals surface area contributed by atoms with Crippen LogP contribution in [-0.4, -0.2) is 41.6 Å². The number of nitrogens with two attached hydrogens (primary N) is 1. The van der Waals surface area contributed by atoms with E-state index in [2.05, 4.69) is 4.98 Å². The smallest absolute Gasteiger partial charge is 0.266 e. The summed E-state index contributed by atoms with van der Waals surface area (Å²) in [5.41, 5.74) is 6.31. The zero-order chi connectivity index (χ0) is 12.6. The number of carbonyl (C=O) groups excluding carboxylic acids is 1. The molecule has 1 fully saturated rings. The van der Waals surface area contributed by atoms with Gasteiger partial charge in [-0.1, -0.05) is 11.3 Å². The molecule has 0 radical (unpaired) electrons. The molecular weight excluding hydrogens is 238 g/mol. The van der Waals surface area contributed by atoms with Gasteiger partial charge in [0.1, 0.15) is 4.88 Å². The molecule has 0 aromatic carbocycles. The van der Waals surface area contributed by atoms with E-state index in [9.17, 15) is 4.79 Å². The molecule has 1 aliphatic heterocycles. The summed E-state index contributed by atoms with van der Waals surface area (Å²) in [5.74, 6) is -0.0148. The maximum Gasteiger partial charge on any atom is 0.266 e. The van der Waals surface area contributed by atoms with E-state index in [4.69, 9.17) is 10.5 Å². The van der Waals surface area contributed by atoms with E-state index in [0.29, 0.717) is 22.3 Å². The largest absolute Gasteiger partial charge is 0.376 e. The Labute approximate surface area is 105 Å². The lowest BCUT2D eigenvalue weighted by Gasteiger charge is -2.26. The van der Waals surface area contributed by atoms with Crippen molar-refractivity contribution >= 4 is 22.4 Å². The molecule has 1 amide bonds. The molecule has 0 bridgehead atoms. The van der Waals surface area contributed by atoms with Crippen molar-refractivity contribution in [2.45, 2.75) is 32.4 Å². The van der Waals surface area contributed by atoms with Crippen molar-refractivity contribution in [3.63, 3.8) is 0 Å². The molecule has 2 heterocycles. The third-order valence-corrected chi connectivity index (χ3v) is 4.14. The Morgan fingerprint density at radius 3 is 2.82 bits per heavy atom. The monoisotopic (exact) mass is 255 g/mol. The van der Waals surface area contributed by atoms with Crippen LogP contribution in [0.4, 0.5) is 5.13 Å². The van der Waals surface area contributed by atoms with Gasteiger partial charge in [-0.2, -0.15) is 0 Å². The highest BCUT2D eigenvalue weighted by Gasteiger charge is 2.32. The summed E-state index contributed by atoms with van der Waals surface area (Å²) in [7, 11) is 1.81. The van der Waals surface area contributed by atoms with Crippen molar-refractivity contribution in [3.8, 4) is 0 Å². The van der Waals surface area contributed by atoms with Crippen molar-refractivity contribution in [3.05, 3.63) is 10.6 Å². The van der Waals surface area contributed by atoms with E-state index in [0.717, 1.165) is 6.42 Å². The zero-order valence-corrected chi connectivity index (χ0v) is 11.1. The molecule has 2 rings (SSSR count). The molecule has 2 atom stereocenters. The van der Waals surface area contributed by atoms with Gasteiger partial charge in [0.15, 0.2) is 5.13 Å². The van der Waals surface area contributed by atoms with E-state index in [1.54, 1.807) is 4.90 Å². The summed E-state index contributed by atoms with van der Waals surface area (Å²) in [6.07, 6.45) is 0.978. The molecule has 1 aromatic rings. The fourth-order valence-corrected chi connectivity index (χ4v) is 2.97. The number of nitrogen functional groups attached to an aromatic ring is 1. The van der Waals surface area contributed by atoms with Crippen LogP contribution >= 0.6 is 11.3 Å². The molecule has 0 aliphatic carbocycles. The zero-order valence-electron chi connectivity index (χ0n) is 10.3. The second-order valence-corrected chi connectivity index (χ2v) is 5.35. The molecule has 0 spiro atoms. The predicted molar refractivity (Wildman–Crippen MR) is 67.2 cm³/mol. The van der Waals surface area contributed by atoms with Gasteiger partial charge in [0, 0.05) is 13.7 Å². The lowest BCUT2D eigenvalue weighted by molar-refractivity contribution is 0.0578. The van der Waals surface area contributed by atoms with Crippen molar-refractivity contribution in [2.24, 2.45) is 0 Å². The summed E-state index contributed by atoms with van der Waals surface area (Å²) in [4.78, 5) is 18.8. The fraction of sp³-hybridized carbons (Fsp3) is 0.636. The SMILES string of the molecule is Cc1nc(N)sc1C(=O)N(C)C1CCOC1C. The molecular formula is C11H17N3O2S. The normalized spacial score (nSPS) is 23.9. The molecule has 0 saturated carbocycles. The maximum atomic E-state index is 12.3. The van der Waals surface area contributed by atoms with Gasteiger partial charge < -0.3 is 15.4 Å². The standard InChI is InChI=1S/C11H17N3O2S/c1-6-9(17-11(12)13-6)10(15)14(3)8-4-5-16-7(8)2/h7-8H,4-5H2,1-3H3,(H2,12,13). The Kier molecular flexibility index (Phi) is 3.35. The van der Waals surface area contributed by atoms with Crippen molar-refractivity contribution in [2.75, 3.05) is 19.4 Å². The van der Waals surface area contributed by atoms with Crippen LogP contribution in [0.1, 0.15) is 28.7 Å². The van der Waals surface area contributed by atoms with Gasteiger partial charge in [0.05, 0.1) is 17.8 Å². The van der Waals surface area contributed by atoms with Gasteiger partial charge in [-0.3, -0.25) is 4.79 Å². The van der Waals surface area contributed by atoms with Crippen molar-refractivity contribution in [1.82, 2.24) is 9.88 Å². The first kappa shape index (κ1) is 12.3.